The molecule has 45 heavy (non-hydrogen) atoms. The molecule has 0 aliphatic carbocycles. The summed E-state index contributed by atoms with van der Waals surface area (Å²) in [6.07, 6.45) is -10.2. The Hall–Kier alpha value is -3.24. The van der Waals surface area contributed by atoms with Gasteiger partial charge in [0, 0.05) is 0 Å². The first kappa shape index (κ1) is 30.4. The molecule has 3 unspecified atom stereocenters. The van der Waals surface area contributed by atoms with Crippen molar-refractivity contribution in [3.8, 4) is 0 Å². The molecule has 0 spiro atoms. The first-order valence-corrected chi connectivity index (χ1v) is 16.2. The smallest absolute Gasteiger partial charge is 0.387 e. The Kier molecular flexibility index (Phi) is 7.39. The number of nitrogens with two attached hydrogens (primary N) is 1. The number of hydrogen-bond donors (Lipinski definition) is 7. The van der Waals surface area contributed by atoms with Crippen molar-refractivity contribution in [2.24, 2.45) is 9.98 Å². The molecule has 3 saturated heterocycles. The second-order valence-electron chi connectivity index (χ2n) is 10.4. The molecule has 0 radical (unpaired) electrons. The van der Waals surface area contributed by atoms with E-state index >= 15 is 0 Å². The van der Waals surface area contributed by atoms with E-state index in [2.05, 4.69) is 25.4 Å². The summed E-state index contributed by atoms with van der Waals surface area (Å²) in [6.45, 7) is -1.63. The number of aliphatic hydroxyl groups is 2. The number of phosphoric acid groups is 2. The number of fused-ring (bicyclic) bond motifs is 5. The van der Waals surface area contributed by atoms with Gasteiger partial charge in [-0.15, -0.1) is 0 Å². The molecular formula is C21H25N9O13P2. The molecule has 242 valence electrons. The van der Waals surface area contributed by atoms with E-state index in [1.165, 1.54) is 16.9 Å². The van der Waals surface area contributed by atoms with E-state index in [4.69, 9.17) is 38.7 Å². The van der Waals surface area contributed by atoms with Crippen LogP contribution in [0.3, 0.4) is 0 Å². The Bertz CT molecular complexity index is 1720. The van der Waals surface area contributed by atoms with Crippen LogP contribution in [0.1, 0.15) is 11.8 Å². The summed E-state index contributed by atoms with van der Waals surface area (Å²) in [7, 11) is -10.2. The van der Waals surface area contributed by atoms with Gasteiger partial charge in [-0.2, -0.15) is 10.1 Å². The van der Waals surface area contributed by atoms with Crippen LogP contribution < -0.4 is 11.1 Å². The van der Waals surface area contributed by atoms with Crippen LogP contribution in [0.25, 0.3) is 5.52 Å². The Morgan fingerprint density at radius 1 is 1.02 bits per heavy atom. The molecule has 24 heteroatoms. The molecule has 22 nitrogen and oxygen atoms in total. The van der Waals surface area contributed by atoms with Crippen LogP contribution in [0.2, 0.25) is 0 Å². The average Bonchev–Trinajstić information content (AvgIpc) is 3.72. The third-order valence-corrected chi connectivity index (χ3v) is 9.57. The second-order valence-corrected chi connectivity index (χ2v) is 13.2. The minimum Gasteiger partial charge on any atom is -0.387 e. The Morgan fingerprint density at radius 2 is 1.73 bits per heavy atom. The van der Waals surface area contributed by atoms with Gasteiger partial charge in [0.05, 0.1) is 25.2 Å². The maximum Gasteiger partial charge on any atom is 0.472 e. The molecule has 11 atom stereocenters. The zero-order chi connectivity index (χ0) is 31.8. The van der Waals surface area contributed by atoms with Gasteiger partial charge < -0.3 is 35.2 Å². The number of carbonyl (C=O) groups excluding carboxylic acids is 1. The van der Waals surface area contributed by atoms with E-state index < -0.39 is 95.7 Å². The number of nitrogens with one attached hydrogen (secondary N) is 2. The number of phosphoric ester groups is 2. The fraction of sp³-hybridized carbons (Fsp3) is 0.524. The standard InChI is InChI=1S/C21H25N9O13P2/c22-17-8-2-1-7(30(8)26-5-24-17)14-13(32)15-10(40-14)4-39-45(36,37)43-16-12(31)9(3-38-44(34,35)42-15)41-20(16)29-6-25-11-18(29)27-21(23)28-19(11)33/h1-2,5-6,9-16,20,31-32H,3-4H2,(H,34,35)(H,36,37)(H2,22,24,26)(H2,23,28,33)/t9-,10-,11?,12-,13+,14+,15-,16-,20-/m1/s1. The van der Waals surface area contributed by atoms with E-state index in [0.717, 1.165) is 11.2 Å². The SMILES string of the molecule is N=C1N=C2C(N=CN2[C@@H]2O[C@@H]3COP(=O)(O)O[C@H]4[C@@H](O)[C@H](c5ccc6c(N)ncnn56)O[C@@H]4COP(=O)(O)O[C@@H]2[C@@H]3O)C(=O)N1. The van der Waals surface area contributed by atoms with Gasteiger partial charge in [0.1, 0.15) is 54.6 Å². The molecule has 7 rings (SSSR count). The van der Waals surface area contributed by atoms with Crippen LogP contribution in [0, 0.1) is 5.41 Å². The number of rotatable bonds is 2. The quantitative estimate of drug-likeness (QED) is 0.161. The van der Waals surface area contributed by atoms with Crippen molar-refractivity contribution in [2.45, 2.75) is 55.0 Å². The molecule has 0 saturated carbocycles. The Labute approximate surface area is 251 Å². The largest absolute Gasteiger partial charge is 0.472 e. The lowest BCUT2D eigenvalue weighted by Crippen LogP contribution is -2.53. The highest BCUT2D eigenvalue weighted by Gasteiger charge is 2.56. The number of carbonyl (C=O) groups is 1. The number of nitrogens with zero attached hydrogens (tertiary/aromatic N) is 6. The van der Waals surface area contributed by atoms with Crippen LogP contribution in [-0.4, -0.2) is 126 Å². The summed E-state index contributed by atoms with van der Waals surface area (Å²) in [6, 6.07) is 1.90. The zero-order valence-electron chi connectivity index (χ0n) is 22.5. The second kappa shape index (κ2) is 10.9. The summed E-state index contributed by atoms with van der Waals surface area (Å²) in [5, 5.41) is 36.2. The van der Waals surface area contributed by atoms with Crippen molar-refractivity contribution in [3.05, 3.63) is 24.2 Å². The van der Waals surface area contributed by atoms with Gasteiger partial charge in [0.2, 0.25) is 5.96 Å². The first-order chi connectivity index (χ1) is 21.3. The highest BCUT2D eigenvalue weighted by Crippen LogP contribution is 2.53. The van der Waals surface area contributed by atoms with E-state index in [-0.39, 0.29) is 17.3 Å². The van der Waals surface area contributed by atoms with Crippen molar-refractivity contribution in [1.29, 1.82) is 5.41 Å². The number of hydrogen-bond acceptors (Lipinski definition) is 17. The number of aliphatic imine (C=N–C) groups is 2. The number of ether oxygens (including phenoxy) is 2. The predicted octanol–water partition coefficient (Wildman–Crippen LogP) is -2.61. The van der Waals surface area contributed by atoms with Crippen molar-refractivity contribution in [2.75, 3.05) is 18.9 Å². The lowest BCUT2D eigenvalue weighted by Gasteiger charge is -2.31. The number of aliphatic hydroxyl groups excluding tert-OH is 2. The third kappa shape index (κ3) is 5.37. The summed E-state index contributed by atoms with van der Waals surface area (Å²) in [4.78, 5) is 46.5. The Balaban J connectivity index is 1.17. The van der Waals surface area contributed by atoms with Crippen LogP contribution >= 0.6 is 15.6 Å². The topological polar surface area (TPSA) is 308 Å². The molecule has 0 aromatic carbocycles. The molecule has 5 aliphatic heterocycles. The lowest BCUT2D eigenvalue weighted by molar-refractivity contribution is -0.119. The van der Waals surface area contributed by atoms with Gasteiger partial charge >= 0.3 is 15.6 Å². The van der Waals surface area contributed by atoms with E-state index in [0.29, 0.717) is 5.52 Å². The van der Waals surface area contributed by atoms with Crippen LogP contribution in [0.15, 0.2) is 28.4 Å². The normalized spacial score (nSPS) is 42.0. The zero-order valence-corrected chi connectivity index (χ0v) is 24.3. The maximum absolute atomic E-state index is 13.2. The summed E-state index contributed by atoms with van der Waals surface area (Å²) < 4.78 is 60.1. The van der Waals surface area contributed by atoms with Crippen molar-refractivity contribution >= 4 is 51.0 Å². The van der Waals surface area contributed by atoms with E-state index in [1.54, 1.807) is 6.07 Å². The highest BCUT2D eigenvalue weighted by atomic mass is 31.2. The molecule has 2 bridgehead atoms. The average molecular weight is 673 g/mol. The van der Waals surface area contributed by atoms with Crippen LogP contribution in [0.5, 0.6) is 0 Å². The number of amidine groups is 1. The van der Waals surface area contributed by atoms with Crippen LogP contribution in [0.4, 0.5) is 5.82 Å². The van der Waals surface area contributed by atoms with Gasteiger partial charge in [0.15, 0.2) is 23.9 Å². The van der Waals surface area contributed by atoms with Crippen LogP contribution in [-0.2, 0) is 41.5 Å². The summed E-state index contributed by atoms with van der Waals surface area (Å²) in [5.41, 5.74) is 6.51. The molecule has 1 amide bonds. The molecule has 5 aliphatic rings. The predicted molar refractivity (Wildman–Crippen MR) is 144 cm³/mol. The molecule has 7 heterocycles. The number of anilines is 1. The monoisotopic (exact) mass is 673 g/mol. The first-order valence-electron chi connectivity index (χ1n) is 13.2. The van der Waals surface area contributed by atoms with Gasteiger partial charge in [-0.3, -0.25) is 43.5 Å². The highest BCUT2D eigenvalue weighted by molar-refractivity contribution is 7.47. The summed E-state index contributed by atoms with van der Waals surface area (Å²) in [5.74, 6) is -1.16. The third-order valence-electron chi connectivity index (χ3n) is 7.60. The minimum atomic E-state index is -5.11. The van der Waals surface area contributed by atoms with Crippen molar-refractivity contribution in [1.82, 2.24) is 24.8 Å². The Morgan fingerprint density at radius 3 is 2.49 bits per heavy atom. The number of aromatic nitrogens is 3. The van der Waals surface area contributed by atoms with Crippen molar-refractivity contribution in [3.63, 3.8) is 0 Å². The molecule has 2 aromatic rings. The number of amides is 1. The number of nitrogen functional groups attached to an aromatic ring is 1. The minimum absolute atomic E-state index is 0.103. The molecule has 2 aromatic heterocycles. The van der Waals surface area contributed by atoms with E-state index in [1.807, 2.05) is 0 Å². The lowest BCUT2D eigenvalue weighted by atomic mass is 10.1. The van der Waals surface area contributed by atoms with Crippen molar-refractivity contribution < 1.29 is 61.5 Å². The van der Waals surface area contributed by atoms with Gasteiger partial charge in [0.25, 0.3) is 5.91 Å². The fourth-order valence-electron chi connectivity index (χ4n) is 5.57. The van der Waals surface area contributed by atoms with Gasteiger partial charge in [-0.1, -0.05) is 0 Å². The van der Waals surface area contributed by atoms with Gasteiger partial charge in [-0.25, -0.2) is 18.6 Å². The maximum atomic E-state index is 13.2. The number of guanidine groups is 1. The van der Waals surface area contributed by atoms with E-state index in [9.17, 15) is 33.9 Å². The van der Waals surface area contributed by atoms with Gasteiger partial charge in [-0.05, 0) is 12.1 Å². The molecule has 8 N–H and O–H groups in total. The molecular weight excluding hydrogens is 648 g/mol. The fourth-order valence-corrected chi connectivity index (χ4v) is 7.46. The summed E-state index contributed by atoms with van der Waals surface area (Å²) >= 11 is 0. The molecule has 3 fully saturated rings.